The SMILES string of the molecule is CC(C)CCNC1CCc2cc(N)ccc21. The molecule has 0 radical (unpaired) electrons. The van der Waals surface area contributed by atoms with E-state index in [2.05, 4.69) is 31.3 Å². The van der Waals surface area contributed by atoms with Crippen molar-refractivity contribution in [3.8, 4) is 0 Å². The molecule has 0 heterocycles. The Bertz CT molecular complexity index is 358. The summed E-state index contributed by atoms with van der Waals surface area (Å²) in [5, 5.41) is 3.65. The minimum absolute atomic E-state index is 0.550. The number of benzene rings is 1. The van der Waals surface area contributed by atoms with E-state index in [1.165, 1.54) is 30.4 Å². The van der Waals surface area contributed by atoms with E-state index >= 15 is 0 Å². The third kappa shape index (κ3) is 2.56. The summed E-state index contributed by atoms with van der Waals surface area (Å²) in [6.07, 6.45) is 3.64. The Balaban J connectivity index is 1.95. The van der Waals surface area contributed by atoms with Crippen molar-refractivity contribution in [2.75, 3.05) is 12.3 Å². The first-order valence-electron chi connectivity index (χ1n) is 6.28. The largest absolute Gasteiger partial charge is 0.399 e. The number of nitrogens with two attached hydrogens (primary N) is 1. The standard InChI is InChI=1S/C14H22N2/c1-10(2)7-8-16-14-6-3-11-9-12(15)4-5-13(11)14/h4-5,9-10,14,16H,3,6-8,15H2,1-2H3. The van der Waals surface area contributed by atoms with E-state index in [9.17, 15) is 0 Å². The number of anilines is 1. The van der Waals surface area contributed by atoms with E-state index in [4.69, 9.17) is 5.73 Å². The van der Waals surface area contributed by atoms with Crippen LogP contribution in [0, 0.1) is 5.92 Å². The van der Waals surface area contributed by atoms with Crippen LogP contribution < -0.4 is 11.1 Å². The van der Waals surface area contributed by atoms with Crippen LogP contribution in [0.15, 0.2) is 18.2 Å². The lowest BCUT2D eigenvalue weighted by atomic mass is 10.1. The van der Waals surface area contributed by atoms with E-state index in [0.717, 1.165) is 18.2 Å². The quantitative estimate of drug-likeness (QED) is 0.763. The molecule has 1 atom stereocenters. The first-order valence-corrected chi connectivity index (χ1v) is 6.28. The molecule has 2 rings (SSSR count). The van der Waals surface area contributed by atoms with Gasteiger partial charge in [-0.1, -0.05) is 19.9 Å². The van der Waals surface area contributed by atoms with Gasteiger partial charge >= 0.3 is 0 Å². The van der Waals surface area contributed by atoms with Gasteiger partial charge in [-0.05, 0) is 55.0 Å². The first kappa shape index (κ1) is 11.5. The molecule has 2 heteroatoms. The monoisotopic (exact) mass is 218 g/mol. The molecule has 0 aromatic heterocycles. The van der Waals surface area contributed by atoms with Crippen molar-refractivity contribution in [3.05, 3.63) is 29.3 Å². The summed E-state index contributed by atoms with van der Waals surface area (Å²) in [6.45, 7) is 5.65. The predicted octanol–water partition coefficient (Wildman–Crippen LogP) is 2.89. The zero-order valence-electron chi connectivity index (χ0n) is 10.3. The van der Waals surface area contributed by atoms with Crippen LogP contribution >= 0.6 is 0 Å². The Morgan fingerprint density at radius 3 is 3.00 bits per heavy atom. The van der Waals surface area contributed by atoms with Gasteiger partial charge in [-0.15, -0.1) is 0 Å². The second kappa shape index (κ2) is 4.88. The summed E-state index contributed by atoms with van der Waals surface area (Å²) >= 11 is 0. The molecule has 0 amide bonds. The molecule has 0 saturated heterocycles. The molecule has 0 spiro atoms. The summed E-state index contributed by atoms with van der Waals surface area (Å²) in [5.41, 5.74) is 9.57. The molecule has 88 valence electrons. The van der Waals surface area contributed by atoms with Crippen LogP contribution in [0.2, 0.25) is 0 Å². The maximum Gasteiger partial charge on any atom is 0.0326 e. The second-order valence-corrected chi connectivity index (χ2v) is 5.19. The summed E-state index contributed by atoms with van der Waals surface area (Å²) in [6, 6.07) is 6.88. The third-order valence-corrected chi connectivity index (χ3v) is 3.36. The van der Waals surface area contributed by atoms with E-state index in [0.29, 0.717) is 6.04 Å². The Labute approximate surface area is 98.2 Å². The van der Waals surface area contributed by atoms with Crippen molar-refractivity contribution in [1.29, 1.82) is 0 Å². The molecular formula is C14H22N2. The predicted molar refractivity (Wildman–Crippen MR) is 69.4 cm³/mol. The van der Waals surface area contributed by atoms with Gasteiger partial charge in [-0.25, -0.2) is 0 Å². The van der Waals surface area contributed by atoms with Gasteiger partial charge in [0.15, 0.2) is 0 Å². The zero-order chi connectivity index (χ0) is 11.5. The third-order valence-electron chi connectivity index (χ3n) is 3.36. The average Bonchev–Trinajstić information content (AvgIpc) is 2.60. The molecule has 1 aromatic carbocycles. The van der Waals surface area contributed by atoms with E-state index in [1.807, 2.05) is 6.07 Å². The fourth-order valence-corrected chi connectivity index (χ4v) is 2.40. The first-order chi connectivity index (χ1) is 7.66. The lowest BCUT2D eigenvalue weighted by Crippen LogP contribution is -2.21. The molecule has 2 nitrogen and oxygen atoms in total. The molecule has 1 aromatic rings. The van der Waals surface area contributed by atoms with Crippen molar-refractivity contribution in [2.24, 2.45) is 5.92 Å². The van der Waals surface area contributed by atoms with Gasteiger partial charge in [0.25, 0.3) is 0 Å². The normalized spacial score (nSPS) is 19.1. The second-order valence-electron chi connectivity index (χ2n) is 5.19. The minimum atomic E-state index is 0.550. The number of hydrogen-bond donors (Lipinski definition) is 2. The summed E-state index contributed by atoms with van der Waals surface area (Å²) < 4.78 is 0. The molecule has 1 unspecified atom stereocenters. The Kier molecular flexibility index (Phi) is 3.49. The fraction of sp³-hybridized carbons (Fsp3) is 0.571. The molecular weight excluding hydrogens is 196 g/mol. The van der Waals surface area contributed by atoms with Gasteiger partial charge in [-0.2, -0.15) is 0 Å². The van der Waals surface area contributed by atoms with Crippen molar-refractivity contribution >= 4 is 5.69 Å². The van der Waals surface area contributed by atoms with Crippen LogP contribution in [-0.2, 0) is 6.42 Å². The van der Waals surface area contributed by atoms with Crippen LogP contribution in [0.3, 0.4) is 0 Å². The molecule has 1 aliphatic rings. The van der Waals surface area contributed by atoms with Gasteiger partial charge in [0.2, 0.25) is 0 Å². The highest BCUT2D eigenvalue weighted by Crippen LogP contribution is 2.32. The highest BCUT2D eigenvalue weighted by atomic mass is 14.9. The fourth-order valence-electron chi connectivity index (χ4n) is 2.40. The maximum absolute atomic E-state index is 5.80. The number of nitrogens with one attached hydrogen (secondary N) is 1. The number of hydrogen-bond acceptors (Lipinski definition) is 2. The van der Waals surface area contributed by atoms with Crippen LogP contribution in [0.25, 0.3) is 0 Å². The Hall–Kier alpha value is -1.02. The van der Waals surface area contributed by atoms with Crippen LogP contribution in [0.5, 0.6) is 0 Å². The molecule has 0 fully saturated rings. The molecule has 1 aliphatic carbocycles. The zero-order valence-corrected chi connectivity index (χ0v) is 10.3. The van der Waals surface area contributed by atoms with Gasteiger partial charge < -0.3 is 11.1 Å². The van der Waals surface area contributed by atoms with Gasteiger partial charge in [0, 0.05) is 11.7 Å². The topological polar surface area (TPSA) is 38.0 Å². The summed E-state index contributed by atoms with van der Waals surface area (Å²) in [7, 11) is 0. The summed E-state index contributed by atoms with van der Waals surface area (Å²) in [4.78, 5) is 0. The van der Waals surface area contributed by atoms with E-state index < -0.39 is 0 Å². The maximum atomic E-state index is 5.80. The van der Waals surface area contributed by atoms with E-state index in [-0.39, 0.29) is 0 Å². The van der Waals surface area contributed by atoms with Crippen molar-refractivity contribution in [1.82, 2.24) is 5.32 Å². The van der Waals surface area contributed by atoms with Gasteiger partial charge in [-0.3, -0.25) is 0 Å². The molecule has 0 aliphatic heterocycles. The minimum Gasteiger partial charge on any atom is -0.399 e. The summed E-state index contributed by atoms with van der Waals surface area (Å²) in [5.74, 6) is 0.778. The molecule has 0 saturated carbocycles. The van der Waals surface area contributed by atoms with Crippen molar-refractivity contribution < 1.29 is 0 Å². The Morgan fingerprint density at radius 1 is 1.44 bits per heavy atom. The van der Waals surface area contributed by atoms with Crippen molar-refractivity contribution in [3.63, 3.8) is 0 Å². The Morgan fingerprint density at radius 2 is 2.25 bits per heavy atom. The number of aryl methyl sites for hydroxylation is 1. The molecule has 16 heavy (non-hydrogen) atoms. The van der Waals surface area contributed by atoms with Crippen LogP contribution in [-0.4, -0.2) is 6.54 Å². The van der Waals surface area contributed by atoms with Gasteiger partial charge in [0.05, 0.1) is 0 Å². The molecule has 0 bridgehead atoms. The lowest BCUT2D eigenvalue weighted by molar-refractivity contribution is 0.476. The average molecular weight is 218 g/mol. The number of fused-ring (bicyclic) bond motifs is 1. The smallest absolute Gasteiger partial charge is 0.0326 e. The van der Waals surface area contributed by atoms with E-state index in [1.54, 1.807) is 0 Å². The highest BCUT2D eigenvalue weighted by molar-refractivity contribution is 5.47. The van der Waals surface area contributed by atoms with Crippen LogP contribution in [0.4, 0.5) is 5.69 Å². The number of nitrogen functional groups attached to an aromatic ring is 1. The lowest BCUT2D eigenvalue weighted by Gasteiger charge is -2.15. The number of rotatable bonds is 4. The van der Waals surface area contributed by atoms with Gasteiger partial charge in [0.1, 0.15) is 0 Å². The van der Waals surface area contributed by atoms with Crippen molar-refractivity contribution in [2.45, 2.75) is 39.2 Å². The van der Waals surface area contributed by atoms with Crippen LogP contribution in [0.1, 0.15) is 43.9 Å². The molecule has 3 N–H and O–H groups in total. The highest BCUT2D eigenvalue weighted by Gasteiger charge is 2.21.